The third kappa shape index (κ3) is 4.39. The van der Waals surface area contributed by atoms with Crippen molar-refractivity contribution in [3.63, 3.8) is 0 Å². The number of hydrogen-bond acceptors (Lipinski definition) is 6. The predicted octanol–water partition coefficient (Wildman–Crippen LogP) is 5.10. The topological polar surface area (TPSA) is 91.4 Å². The van der Waals surface area contributed by atoms with E-state index >= 15 is 0 Å². The highest BCUT2D eigenvalue weighted by Crippen LogP contribution is 2.34. The van der Waals surface area contributed by atoms with E-state index in [9.17, 15) is 26.4 Å². The highest BCUT2D eigenvalue weighted by Gasteiger charge is 2.32. The molecule has 0 bridgehead atoms. The number of halogens is 3. The molecular formula is C23H21F3N2O5S. The lowest BCUT2D eigenvalue weighted by Gasteiger charge is -2.12. The maximum atomic E-state index is 13.7. The number of oxazole rings is 1. The van der Waals surface area contributed by atoms with Gasteiger partial charge < -0.3 is 9.15 Å². The number of ether oxygens (including phenoxy) is 1. The van der Waals surface area contributed by atoms with Crippen LogP contribution in [0.15, 0.2) is 51.8 Å². The summed E-state index contributed by atoms with van der Waals surface area (Å²) in [5.41, 5.74) is 0.270. The number of carbonyl (C=O) groups is 1. The van der Waals surface area contributed by atoms with E-state index in [1.54, 1.807) is 0 Å². The second kappa shape index (κ2) is 8.79. The van der Waals surface area contributed by atoms with Crippen molar-refractivity contribution in [3.8, 4) is 0 Å². The lowest BCUT2D eigenvalue weighted by atomic mass is 10.1. The molecular weight excluding hydrogens is 473 g/mol. The maximum Gasteiger partial charge on any atom is 0.416 e. The molecule has 0 fully saturated rings. The maximum absolute atomic E-state index is 13.7. The lowest BCUT2D eigenvalue weighted by Crippen LogP contribution is -2.16. The first-order valence-corrected chi connectivity index (χ1v) is 11.9. The Morgan fingerprint density at radius 2 is 1.91 bits per heavy atom. The van der Waals surface area contributed by atoms with Gasteiger partial charge in [-0.15, -0.1) is 0 Å². The number of esters is 1. The van der Waals surface area contributed by atoms with Crippen molar-refractivity contribution in [2.45, 2.75) is 43.7 Å². The summed E-state index contributed by atoms with van der Waals surface area (Å²) >= 11 is 0. The molecule has 0 unspecified atom stereocenters. The molecule has 0 radical (unpaired) electrons. The summed E-state index contributed by atoms with van der Waals surface area (Å²) in [6.45, 7) is 1.85. The summed E-state index contributed by atoms with van der Waals surface area (Å²) in [6.07, 6.45) is -3.62. The van der Waals surface area contributed by atoms with Crippen molar-refractivity contribution in [1.82, 2.24) is 8.96 Å². The number of nitrogens with zero attached hydrogens (tertiary/aromatic N) is 2. The molecule has 0 saturated carbocycles. The van der Waals surface area contributed by atoms with Gasteiger partial charge in [0.25, 0.3) is 10.0 Å². The van der Waals surface area contributed by atoms with Gasteiger partial charge in [-0.3, -0.25) is 4.79 Å². The van der Waals surface area contributed by atoms with E-state index in [-0.39, 0.29) is 40.8 Å². The summed E-state index contributed by atoms with van der Waals surface area (Å²) in [4.78, 5) is 15.7. The Kier molecular flexibility index (Phi) is 6.15. The fourth-order valence-corrected chi connectivity index (χ4v) is 5.35. The van der Waals surface area contributed by atoms with Crippen LogP contribution in [0.3, 0.4) is 0 Å². The van der Waals surface area contributed by atoms with Crippen LogP contribution in [-0.2, 0) is 38.6 Å². The van der Waals surface area contributed by atoms with Crippen molar-refractivity contribution in [2.75, 3.05) is 7.11 Å². The van der Waals surface area contributed by atoms with E-state index in [2.05, 4.69) is 9.72 Å². The molecule has 0 amide bonds. The number of benzene rings is 2. The molecule has 180 valence electrons. The molecule has 0 N–H and O–H groups in total. The van der Waals surface area contributed by atoms with Gasteiger partial charge in [0.1, 0.15) is 5.52 Å². The SMILES string of the molecule is CCc1nc2ccc(S(=O)(=O)n3c(CCCC(=O)OC)cc4cc(C(F)(F)F)ccc43)cc2o1. The number of alkyl halides is 3. The number of aromatic nitrogens is 2. The van der Waals surface area contributed by atoms with Crippen LogP contribution in [0.1, 0.15) is 36.9 Å². The molecule has 0 saturated heterocycles. The van der Waals surface area contributed by atoms with Crippen LogP contribution in [0.5, 0.6) is 0 Å². The third-order valence-electron chi connectivity index (χ3n) is 5.44. The molecule has 0 atom stereocenters. The zero-order valence-corrected chi connectivity index (χ0v) is 19.2. The highest BCUT2D eigenvalue weighted by atomic mass is 32.2. The van der Waals surface area contributed by atoms with Crippen LogP contribution in [0.4, 0.5) is 13.2 Å². The lowest BCUT2D eigenvalue weighted by molar-refractivity contribution is -0.140. The van der Waals surface area contributed by atoms with Crippen LogP contribution >= 0.6 is 0 Å². The van der Waals surface area contributed by atoms with Crippen molar-refractivity contribution < 1.29 is 35.5 Å². The van der Waals surface area contributed by atoms with Gasteiger partial charge in [0, 0.05) is 30.0 Å². The van der Waals surface area contributed by atoms with E-state index in [1.165, 1.54) is 31.4 Å². The first-order chi connectivity index (χ1) is 16.0. The summed E-state index contributed by atoms with van der Waals surface area (Å²) in [6, 6.07) is 8.56. The molecule has 4 aromatic rings. The normalized spacial score (nSPS) is 12.5. The second-order valence-corrected chi connectivity index (χ2v) is 9.48. The van der Waals surface area contributed by atoms with Gasteiger partial charge in [-0.25, -0.2) is 17.4 Å². The molecule has 0 aliphatic heterocycles. The molecule has 0 aliphatic rings. The number of rotatable bonds is 7. The molecule has 2 heterocycles. The molecule has 4 rings (SSSR count). The average molecular weight is 494 g/mol. The molecule has 2 aromatic heterocycles. The zero-order chi connectivity index (χ0) is 24.7. The van der Waals surface area contributed by atoms with E-state index < -0.39 is 27.7 Å². The van der Waals surface area contributed by atoms with Crippen molar-refractivity contribution in [2.24, 2.45) is 0 Å². The van der Waals surface area contributed by atoms with Gasteiger partial charge in [0.15, 0.2) is 11.5 Å². The van der Waals surface area contributed by atoms with Gasteiger partial charge in [0.05, 0.1) is 23.1 Å². The van der Waals surface area contributed by atoms with Crippen LogP contribution in [0.2, 0.25) is 0 Å². The Morgan fingerprint density at radius 1 is 1.15 bits per heavy atom. The van der Waals surface area contributed by atoms with Crippen molar-refractivity contribution in [3.05, 3.63) is 59.6 Å². The summed E-state index contributed by atoms with van der Waals surface area (Å²) < 4.78 is 78.3. The first kappa shape index (κ1) is 23.8. The first-order valence-electron chi connectivity index (χ1n) is 10.5. The summed E-state index contributed by atoms with van der Waals surface area (Å²) in [7, 11) is -2.97. The minimum absolute atomic E-state index is 0.0374. The molecule has 34 heavy (non-hydrogen) atoms. The van der Waals surface area contributed by atoms with Crippen molar-refractivity contribution in [1.29, 1.82) is 0 Å². The minimum Gasteiger partial charge on any atom is -0.469 e. The zero-order valence-electron chi connectivity index (χ0n) is 18.3. The Labute approximate surface area is 193 Å². The largest absolute Gasteiger partial charge is 0.469 e. The van der Waals surface area contributed by atoms with Gasteiger partial charge in [-0.2, -0.15) is 13.2 Å². The molecule has 0 aliphatic carbocycles. The van der Waals surface area contributed by atoms with E-state index in [4.69, 9.17) is 4.42 Å². The number of methoxy groups -OCH3 is 1. The van der Waals surface area contributed by atoms with Crippen LogP contribution in [0, 0.1) is 0 Å². The van der Waals surface area contributed by atoms with Gasteiger partial charge in [0.2, 0.25) is 0 Å². The monoisotopic (exact) mass is 494 g/mol. The second-order valence-electron chi connectivity index (χ2n) is 7.70. The molecule has 7 nitrogen and oxygen atoms in total. The standard InChI is InChI=1S/C23H21F3N2O5S/c1-3-21-27-18-9-8-17(13-20(18)33-21)34(30,31)28-16(5-4-6-22(29)32-2)12-14-11-15(23(24,25)26)7-10-19(14)28/h7-13H,3-6H2,1-2H3. The fraction of sp³-hybridized carbons (Fsp3) is 0.304. The van der Waals surface area contributed by atoms with Gasteiger partial charge >= 0.3 is 12.1 Å². The number of fused-ring (bicyclic) bond motifs is 2. The smallest absolute Gasteiger partial charge is 0.416 e. The third-order valence-corrected chi connectivity index (χ3v) is 7.20. The molecule has 0 spiro atoms. The number of carbonyl (C=O) groups excluding carboxylic acids is 1. The number of hydrogen-bond donors (Lipinski definition) is 0. The van der Waals surface area contributed by atoms with Crippen LogP contribution in [0.25, 0.3) is 22.0 Å². The van der Waals surface area contributed by atoms with E-state index in [0.29, 0.717) is 23.4 Å². The van der Waals surface area contributed by atoms with Gasteiger partial charge in [-0.1, -0.05) is 6.92 Å². The van der Waals surface area contributed by atoms with Crippen molar-refractivity contribution >= 4 is 38.0 Å². The molecule has 11 heteroatoms. The van der Waals surface area contributed by atoms with Crippen LogP contribution in [-0.4, -0.2) is 30.5 Å². The van der Waals surface area contributed by atoms with E-state index in [0.717, 1.165) is 22.2 Å². The summed E-state index contributed by atoms with van der Waals surface area (Å²) in [5, 5.41) is 0.125. The van der Waals surface area contributed by atoms with Gasteiger partial charge in [-0.05, 0) is 49.2 Å². The Balaban J connectivity index is 1.85. The Bertz CT molecular complexity index is 1490. The molecule has 2 aromatic carbocycles. The fourth-order valence-electron chi connectivity index (χ4n) is 3.77. The van der Waals surface area contributed by atoms with Crippen LogP contribution < -0.4 is 0 Å². The highest BCUT2D eigenvalue weighted by molar-refractivity contribution is 7.90. The number of aryl methyl sites for hydroxylation is 2. The van der Waals surface area contributed by atoms with E-state index in [1.807, 2.05) is 6.92 Å². The Morgan fingerprint density at radius 3 is 2.59 bits per heavy atom. The minimum atomic E-state index is -4.57. The Hall–Kier alpha value is -3.34. The average Bonchev–Trinajstić information content (AvgIpc) is 3.38. The summed E-state index contributed by atoms with van der Waals surface area (Å²) in [5.74, 6) is -0.00786. The quantitative estimate of drug-likeness (QED) is 0.332. The predicted molar refractivity (Wildman–Crippen MR) is 118 cm³/mol.